The topological polar surface area (TPSA) is 123 Å². The number of fused-ring (bicyclic) bond motifs is 1. The van der Waals surface area contributed by atoms with Gasteiger partial charge in [0.2, 0.25) is 0 Å². The third kappa shape index (κ3) is 5.21. The Morgan fingerprint density at radius 3 is 2.45 bits per heavy atom. The van der Waals surface area contributed by atoms with E-state index < -0.39 is 16.1 Å². The Morgan fingerprint density at radius 2 is 1.77 bits per heavy atom. The van der Waals surface area contributed by atoms with Gasteiger partial charge in [-0.3, -0.25) is 14.3 Å². The highest BCUT2D eigenvalue weighted by atomic mass is 32.2. The second kappa shape index (κ2) is 11.0. The van der Waals surface area contributed by atoms with Crippen LogP contribution >= 0.6 is 0 Å². The van der Waals surface area contributed by atoms with E-state index in [0.29, 0.717) is 36.6 Å². The summed E-state index contributed by atoms with van der Waals surface area (Å²) in [4.78, 5) is 26.2. The summed E-state index contributed by atoms with van der Waals surface area (Å²) in [5.41, 5.74) is 2.72. The third-order valence-corrected chi connectivity index (χ3v) is 9.44. The van der Waals surface area contributed by atoms with Crippen LogP contribution in [0.1, 0.15) is 84.1 Å². The number of ketones is 1. The van der Waals surface area contributed by atoms with E-state index in [1.165, 1.54) is 16.2 Å². The first-order chi connectivity index (χ1) is 19.1. The quantitative estimate of drug-likeness (QED) is 0.302. The van der Waals surface area contributed by atoms with Crippen LogP contribution in [0.3, 0.4) is 0 Å². The Hall–Kier alpha value is -3.76. The zero-order chi connectivity index (χ0) is 28.6. The van der Waals surface area contributed by atoms with E-state index >= 15 is 0 Å². The molecule has 1 unspecified atom stereocenters. The second-order valence-electron chi connectivity index (χ2n) is 10.5. The largest absolute Gasteiger partial charge is 0.393 e. The normalized spacial score (nSPS) is 18.5. The summed E-state index contributed by atoms with van der Waals surface area (Å²) in [7, 11) is -3.83. The molecule has 2 aromatic carbocycles. The first kappa shape index (κ1) is 27.8. The van der Waals surface area contributed by atoms with Crippen molar-refractivity contribution in [3.63, 3.8) is 0 Å². The SMILES string of the molecule is CCC(=O)c1cc(C(=O)NC2CCC(O)CC2)n(C(C)c2cccc3c2ccn3S(=O)(=O)c2ccc(C)cc2)n1. The van der Waals surface area contributed by atoms with E-state index in [4.69, 9.17) is 0 Å². The number of rotatable bonds is 8. The molecule has 1 aliphatic carbocycles. The summed E-state index contributed by atoms with van der Waals surface area (Å²) in [5, 5.41) is 18.1. The van der Waals surface area contributed by atoms with Crippen LogP contribution in [0.25, 0.3) is 10.9 Å². The summed E-state index contributed by atoms with van der Waals surface area (Å²) < 4.78 is 29.8. The number of carbonyl (C=O) groups is 2. The zero-order valence-corrected chi connectivity index (χ0v) is 23.7. The van der Waals surface area contributed by atoms with Gasteiger partial charge in [-0.1, -0.05) is 36.8 Å². The average molecular weight is 563 g/mol. The number of amides is 1. The number of aliphatic hydroxyl groups is 1. The lowest BCUT2D eigenvalue weighted by atomic mass is 9.93. The molecule has 0 spiro atoms. The summed E-state index contributed by atoms with van der Waals surface area (Å²) in [5.74, 6) is -0.503. The summed E-state index contributed by atoms with van der Waals surface area (Å²) >= 11 is 0. The molecule has 1 amide bonds. The van der Waals surface area contributed by atoms with Gasteiger partial charge in [-0.25, -0.2) is 12.4 Å². The molecule has 1 fully saturated rings. The van der Waals surface area contributed by atoms with E-state index in [0.717, 1.165) is 11.1 Å². The predicted octanol–water partition coefficient (Wildman–Crippen LogP) is 4.62. The fourth-order valence-electron chi connectivity index (χ4n) is 5.35. The van der Waals surface area contributed by atoms with Gasteiger partial charge in [-0.05, 0) is 69.4 Å². The number of aryl methyl sites for hydroxylation is 1. The molecule has 0 saturated heterocycles. The molecule has 2 aromatic heterocycles. The van der Waals surface area contributed by atoms with Crippen LogP contribution in [0.2, 0.25) is 0 Å². The number of aliphatic hydroxyl groups excluding tert-OH is 1. The molecule has 40 heavy (non-hydrogen) atoms. The third-order valence-electron chi connectivity index (χ3n) is 7.73. The van der Waals surface area contributed by atoms with Gasteiger partial charge in [0, 0.05) is 30.1 Å². The van der Waals surface area contributed by atoms with Gasteiger partial charge in [0.15, 0.2) is 5.78 Å². The van der Waals surface area contributed by atoms with Gasteiger partial charge in [-0.2, -0.15) is 5.10 Å². The maximum absolute atomic E-state index is 13.5. The molecule has 1 saturated carbocycles. The van der Waals surface area contributed by atoms with E-state index in [9.17, 15) is 23.1 Å². The minimum atomic E-state index is -3.83. The van der Waals surface area contributed by atoms with Gasteiger partial charge in [0.25, 0.3) is 15.9 Å². The fourth-order valence-corrected chi connectivity index (χ4v) is 6.70. The number of nitrogens with zero attached hydrogens (tertiary/aromatic N) is 3. The lowest BCUT2D eigenvalue weighted by Crippen LogP contribution is -2.39. The first-order valence-electron chi connectivity index (χ1n) is 13.6. The predicted molar refractivity (Wildman–Crippen MR) is 152 cm³/mol. The fraction of sp³-hybridized carbons (Fsp3) is 0.367. The molecule has 210 valence electrons. The van der Waals surface area contributed by atoms with Gasteiger partial charge in [0.05, 0.1) is 22.6 Å². The Labute approximate surface area is 233 Å². The number of hydrogen-bond acceptors (Lipinski definition) is 6. The molecule has 0 radical (unpaired) electrons. The van der Waals surface area contributed by atoms with E-state index in [1.54, 1.807) is 54.1 Å². The van der Waals surface area contributed by atoms with Gasteiger partial charge >= 0.3 is 0 Å². The standard InChI is InChI=1S/C30H34N4O5S/c1-4-29(36)26-18-28(30(37)31-21-10-12-22(35)13-11-21)34(32-26)20(3)24-6-5-7-27-25(24)16-17-33(27)40(38,39)23-14-8-19(2)9-15-23/h5-9,14-18,20-22,35H,4,10-13H2,1-3H3,(H,31,37). The van der Waals surface area contributed by atoms with Crippen LogP contribution in [0.4, 0.5) is 0 Å². The summed E-state index contributed by atoms with van der Waals surface area (Å²) in [6.45, 7) is 5.52. The Morgan fingerprint density at radius 1 is 1.07 bits per heavy atom. The Kier molecular flexibility index (Phi) is 7.65. The zero-order valence-electron chi connectivity index (χ0n) is 22.9. The van der Waals surface area contributed by atoms with Crippen molar-refractivity contribution in [1.82, 2.24) is 19.1 Å². The Bertz CT molecular complexity index is 1660. The van der Waals surface area contributed by atoms with Crippen molar-refractivity contribution >= 4 is 32.6 Å². The summed E-state index contributed by atoms with van der Waals surface area (Å²) in [6.07, 6.45) is 4.07. The molecule has 0 aliphatic heterocycles. The van der Waals surface area contributed by atoms with Crippen molar-refractivity contribution in [3.8, 4) is 0 Å². The van der Waals surface area contributed by atoms with Crippen molar-refractivity contribution in [1.29, 1.82) is 0 Å². The summed E-state index contributed by atoms with van der Waals surface area (Å²) in [6, 6.07) is 14.9. The van der Waals surface area contributed by atoms with Gasteiger partial charge in [-0.15, -0.1) is 0 Å². The van der Waals surface area contributed by atoms with Crippen LogP contribution in [0, 0.1) is 6.92 Å². The average Bonchev–Trinajstić information content (AvgIpc) is 3.59. The number of carbonyl (C=O) groups excluding carboxylic acids is 2. The maximum atomic E-state index is 13.5. The number of Topliss-reactive ketones (excluding diaryl/α,β-unsaturated/α-hetero) is 1. The van der Waals surface area contributed by atoms with Crippen LogP contribution in [-0.4, -0.2) is 51.1 Å². The van der Waals surface area contributed by atoms with Crippen LogP contribution in [0.5, 0.6) is 0 Å². The molecule has 0 bridgehead atoms. The van der Waals surface area contributed by atoms with Gasteiger partial charge in [0.1, 0.15) is 11.4 Å². The van der Waals surface area contributed by atoms with Crippen molar-refractivity contribution in [2.24, 2.45) is 0 Å². The number of hydrogen-bond donors (Lipinski definition) is 2. The molecule has 1 aliphatic rings. The Balaban J connectivity index is 1.53. The van der Waals surface area contributed by atoms with Crippen LogP contribution in [-0.2, 0) is 10.0 Å². The second-order valence-corrected chi connectivity index (χ2v) is 12.3. The van der Waals surface area contributed by atoms with Crippen molar-refractivity contribution in [2.45, 2.75) is 76.0 Å². The molecule has 10 heteroatoms. The molecule has 4 aromatic rings. The van der Waals surface area contributed by atoms with Crippen molar-refractivity contribution in [2.75, 3.05) is 0 Å². The van der Waals surface area contributed by atoms with E-state index in [2.05, 4.69) is 10.4 Å². The lowest BCUT2D eigenvalue weighted by molar-refractivity contribution is 0.0856. The molecular weight excluding hydrogens is 528 g/mol. The monoisotopic (exact) mass is 562 g/mol. The molecule has 1 atom stereocenters. The molecule has 9 nitrogen and oxygen atoms in total. The highest BCUT2D eigenvalue weighted by Gasteiger charge is 2.28. The number of benzene rings is 2. The molecular formula is C30H34N4O5S. The van der Waals surface area contributed by atoms with Crippen molar-refractivity contribution < 1.29 is 23.1 Å². The van der Waals surface area contributed by atoms with Crippen molar-refractivity contribution in [3.05, 3.63) is 83.3 Å². The smallest absolute Gasteiger partial charge is 0.269 e. The molecule has 5 rings (SSSR count). The van der Waals surface area contributed by atoms with Crippen LogP contribution in [0.15, 0.2) is 65.7 Å². The number of aromatic nitrogens is 3. The number of nitrogens with one attached hydrogen (secondary N) is 1. The molecule has 2 heterocycles. The van der Waals surface area contributed by atoms with Crippen LogP contribution < -0.4 is 5.32 Å². The first-order valence-corrected chi connectivity index (χ1v) is 15.1. The minimum Gasteiger partial charge on any atom is -0.393 e. The highest BCUT2D eigenvalue weighted by molar-refractivity contribution is 7.90. The maximum Gasteiger partial charge on any atom is 0.269 e. The lowest BCUT2D eigenvalue weighted by Gasteiger charge is -2.26. The van der Waals surface area contributed by atoms with Gasteiger partial charge < -0.3 is 10.4 Å². The minimum absolute atomic E-state index is 0.0654. The van der Waals surface area contributed by atoms with E-state index in [-0.39, 0.29) is 46.5 Å². The highest BCUT2D eigenvalue weighted by Crippen LogP contribution is 2.31. The molecule has 2 N–H and O–H groups in total. The van der Waals surface area contributed by atoms with E-state index in [1.807, 2.05) is 19.9 Å².